The fourth-order valence-electron chi connectivity index (χ4n) is 1.34. The summed E-state index contributed by atoms with van der Waals surface area (Å²) in [5.41, 5.74) is 0.378. The standard InChI is InChI=1S/C11H8ClF2NO2S/c1-2-17-10(16)11(13,14)9-15-7-4-3-6(12)5-8(7)18-9/h3-5H,2H2,1H3. The minimum atomic E-state index is -3.73. The fraction of sp³-hybridized carbons (Fsp3) is 0.273. The van der Waals surface area contributed by atoms with E-state index < -0.39 is 16.9 Å². The van der Waals surface area contributed by atoms with Crippen LogP contribution in [0.3, 0.4) is 0 Å². The monoisotopic (exact) mass is 291 g/mol. The van der Waals surface area contributed by atoms with Crippen LogP contribution in [0.4, 0.5) is 8.78 Å². The number of thiazole rings is 1. The molecule has 3 nitrogen and oxygen atoms in total. The van der Waals surface area contributed by atoms with Crippen LogP contribution in [0.25, 0.3) is 10.2 Å². The zero-order valence-electron chi connectivity index (χ0n) is 9.25. The van der Waals surface area contributed by atoms with Crippen molar-refractivity contribution >= 4 is 39.1 Å². The molecule has 1 aromatic heterocycles. The summed E-state index contributed by atoms with van der Waals surface area (Å²) in [4.78, 5) is 14.9. The number of rotatable bonds is 3. The predicted octanol–water partition coefficient (Wildman–Crippen LogP) is 3.60. The van der Waals surface area contributed by atoms with Crippen molar-refractivity contribution < 1.29 is 18.3 Å². The lowest BCUT2D eigenvalue weighted by atomic mass is 10.3. The summed E-state index contributed by atoms with van der Waals surface area (Å²) in [5.74, 6) is -5.32. The highest BCUT2D eigenvalue weighted by Gasteiger charge is 2.45. The van der Waals surface area contributed by atoms with E-state index in [9.17, 15) is 13.6 Å². The number of esters is 1. The fourth-order valence-corrected chi connectivity index (χ4v) is 2.55. The Morgan fingerprint density at radius 3 is 2.94 bits per heavy atom. The number of ether oxygens (including phenoxy) is 1. The van der Waals surface area contributed by atoms with Crippen LogP contribution in [-0.2, 0) is 15.5 Å². The number of hydrogen-bond donors (Lipinski definition) is 0. The van der Waals surface area contributed by atoms with Crippen LogP contribution in [0.1, 0.15) is 11.9 Å². The molecule has 0 amide bonds. The summed E-state index contributed by atoms with van der Waals surface area (Å²) in [5, 5.41) is -0.157. The second-order valence-electron chi connectivity index (χ2n) is 3.43. The summed E-state index contributed by atoms with van der Waals surface area (Å²) in [6, 6.07) is 4.61. The first-order valence-corrected chi connectivity index (χ1v) is 6.26. The summed E-state index contributed by atoms with van der Waals surface area (Å²) >= 11 is 6.48. The first-order valence-electron chi connectivity index (χ1n) is 5.06. The number of fused-ring (bicyclic) bond motifs is 1. The summed E-state index contributed by atoms with van der Waals surface area (Å²) < 4.78 is 32.3. The third-order valence-corrected chi connectivity index (χ3v) is 3.47. The molecule has 0 radical (unpaired) electrons. The largest absolute Gasteiger partial charge is 0.461 e. The van der Waals surface area contributed by atoms with E-state index in [-0.39, 0.29) is 6.61 Å². The average Bonchev–Trinajstić information content (AvgIpc) is 2.72. The summed E-state index contributed by atoms with van der Waals surface area (Å²) in [6.45, 7) is 1.36. The van der Waals surface area contributed by atoms with E-state index in [4.69, 9.17) is 11.6 Å². The van der Waals surface area contributed by atoms with Gasteiger partial charge in [0.05, 0.1) is 16.8 Å². The lowest BCUT2D eigenvalue weighted by molar-refractivity contribution is -0.173. The lowest BCUT2D eigenvalue weighted by Gasteiger charge is -2.10. The molecule has 96 valence electrons. The third kappa shape index (κ3) is 2.30. The molecule has 0 fully saturated rings. The van der Waals surface area contributed by atoms with Crippen LogP contribution in [0.15, 0.2) is 18.2 Å². The summed E-state index contributed by atoms with van der Waals surface area (Å²) in [6.07, 6.45) is 0. The van der Waals surface area contributed by atoms with Gasteiger partial charge in [-0.15, -0.1) is 11.3 Å². The van der Waals surface area contributed by atoms with Crippen LogP contribution in [0.5, 0.6) is 0 Å². The normalized spacial score (nSPS) is 11.8. The van der Waals surface area contributed by atoms with Crippen LogP contribution >= 0.6 is 22.9 Å². The van der Waals surface area contributed by atoms with Crippen LogP contribution in [-0.4, -0.2) is 17.6 Å². The number of nitrogens with zero attached hydrogens (tertiary/aromatic N) is 1. The molecule has 0 aliphatic carbocycles. The number of aromatic nitrogens is 1. The lowest BCUT2D eigenvalue weighted by Crippen LogP contribution is -2.28. The van der Waals surface area contributed by atoms with E-state index in [0.29, 0.717) is 15.2 Å². The maximum Gasteiger partial charge on any atom is 0.393 e. The van der Waals surface area contributed by atoms with Gasteiger partial charge in [-0.3, -0.25) is 0 Å². The van der Waals surface area contributed by atoms with Crippen molar-refractivity contribution in [2.75, 3.05) is 6.61 Å². The number of hydrogen-bond acceptors (Lipinski definition) is 4. The van der Waals surface area contributed by atoms with Crippen LogP contribution in [0, 0.1) is 0 Å². The molecule has 18 heavy (non-hydrogen) atoms. The van der Waals surface area contributed by atoms with Gasteiger partial charge in [0.2, 0.25) is 0 Å². The number of halogens is 3. The smallest absolute Gasteiger partial charge is 0.393 e. The molecule has 0 unspecified atom stereocenters. The Hall–Kier alpha value is -1.27. The van der Waals surface area contributed by atoms with Gasteiger partial charge < -0.3 is 4.74 Å². The Kier molecular flexibility index (Phi) is 3.49. The quantitative estimate of drug-likeness (QED) is 0.811. The zero-order chi connectivity index (χ0) is 13.3. The molecule has 0 atom stereocenters. The molecule has 7 heteroatoms. The van der Waals surface area contributed by atoms with E-state index in [1.54, 1.807) is 6.07 Å². The van der Waals surface area contributed by atoms with E-state index in [1.807, 2.05) is 0 Å². The number of carbonyl (C=O) groups is 1. The molecule has 0 spiro atoms. The molecule has 0 saturated heterocycles. The predicted molar refractivity (Wildman–Crippen MR) is 65.2 cm³/mol. The van der Waals surface area contributed by atoms with E-state index in [1.165, 1.54) is 19.1 Å². The Bertz CT molecular complexity index is 600. The maximum absolute atomic E-state index is 13.7. The second-order valence-corrected chi connectivity index (χ2v) is 4.89. The SMILES string of the molecule is CCOC(=O)C(F)(F)c1nc2ccc(Cl)cc2s1. The minimum absolute atomic E-state index is 0.106. The molecule has 0 N–H and O–H groups in total. The summed E-state index contributed by atoms with van der Waals surface area (Å²) in [7, 11) is 0. The second kappa shape index (κ2) is 4.78. The van der Waals surface area contributed by atoms with Gasteiger partial charge in [-0.2, -0.15) is 8.78 Å². The highest BCUT2D eigenvalue weighted by atomic mass is 35.5. The Morgan fingerprint density at radius 1 is 1.56 bits per heavy atom. The number of benzene rings is 1. The molecule has 0 bridgehead atoms. The van der Waals surface area contributed by atoms with Gasteiger partial charge in [-0.1, -0.05) is 11.6 Å². The molecule has 0 aliphatic heterocycles. The van der Waals surface area contributed by atoms with Gasteiger partial charge >= 0.3 is 11.9 Å². The van der Waals surface area contributed by atoms with Gasteiger partial charge in [0.15, 0.2) is 5.01 Å². The maximum atomic E-state index is 13.7. The van der Waals surface area contributed by atoms with Gasteiger partial charge in [0.25, 0.3) is 0 Å². The number of alkyl halides is 2. The molecule has 0 saturated carbocycles. The minimum Gasteiger partial charge on any atom is -0.461 e. The molecule has 2 rings (SSSR count). The molecule has 0 aliphatic rings. The van der Waals surface area contributed by atoms with Gasteiger partial charge in [-0.25, -0.2) is 9.78 Å². The van der Waals surface area contributed by atoms with Crippen molar-refractivity contribution in [3.63, 3.8) is 0 Å². The van der Waals surface area contributed by atoms with Crippen LogP contribution < -0.4 is 0 Å². The molecule has 2 aromatic rings. The van der Waals surface area contributed by atoms with Gasteiger partial charge in [0, 0.05) is 5.02 Å². The zero-order valence-corrected chi connectivity index (χ0v) is 10.8. The third-order valence-electron chi connectivity index (χ3n) is 2.15. The molecule has 1 aromatic carbocycles. The first-order chi connectivity index (χ1) is 8.45. The Morgan fingerprint density at radius 2 is 2.28 bits per heavy atom. The first kappa shape index (κ1) is 13.2. The number of carbonyl (C=O) groups excluding carboxylic acids is 1. The van der Waals surface area contributed by atoms with E-state index in [2.05, 4.69) is 9.72 Å². The average molecular weight is 292 g/mol. The van der Waals surface area contributed by atoms with Gasteiger partial charge in [0.1, 0.15) is 0 Å². The van der Waals surface area contributed by atoms with Crippen molar-refractivity contribution in [3.8, 4) is 0 Å². The van der Waals surface area contributed by atoms with Crippen molar-refractivity contribution in [1.29, 1.82) is 0 Å². The van der Waals surface area contributed by atoms with Gasteiger partial charge in [-0.05, 0) is 25.1 Å². The van der Waals surface area contributed by atoms with Crippen molar-refractivity contribution in [3.05, 3.63) is 28.2 Å². The highest BCUT2D eigenvalue weighted by Crippen LogP contribution is 2.36. The Balaban J connectivity index is 2.44. The van der Waals surface area contributed by atoms with Crippen molar-refractivity contribution in [1.82, 2.24) is 4.98 Å². The molecular weight excluding hydrogens is 284 g/mol. The van der Waals surface area contributed by atoms with Crippen molar-refractivity contribution in [2.45, 2.75) is 12.8 Å². The van der Waals surface area contributed by atoms with Crippen molar-refractivity contribution in [2.24, 2.45) is 0 Å². The Labute approximate surface area is 110 Å². The van der Waals surface area contributed by atoms with Crippen LogP contribution in [0.2, 0.25) is 5.02 Å². The molecule has 1 heterocycles. The topological polar surface area (TPSA) is 39.2 Å². The van der Waals surface area contributed by atoms with E-state index >= 15 is 0 Å². The van der Waals surface area contributed by atoms with E-state index in [0.717, 1.165) is 11.3 Å². The highest BCUT2D eigenvalue weighted by molar-refractivity contribution is 7.18. The molecular formula is C11H8ClF2NO2S.